The van der Waals surface area contributed by atoms with Crippen molar-refractivity contribution in [3.8, 4) is 11.1 Å². The lowest BCUT2D eigenvalue weighted by Crippen LogP contribution is -2.29. The molecule has 0 radical (unpaired) electrons. The van der Waals surface area contributed by atoms with E-state index in [1.807, 2.05) is 0 Å². The summed E-state index contributed by atoms with van der Waals surface area (Å²) in [6, 6.07) is 1.34. The van der Waals surface area contributed by atoms with Gasteiger partial charge in [-0.25, -0.2) is 23.1 Å². The highest BCUT2D eigenvalue weighted by Crippen LogP contribution is 2.43. The first-order valence-corrected chi connectivity index (χ1v) is 9.19. The maximum atomic E-state index is 14.4. The van der Waals surface area contributed by atoms with Crippen molar-refractivity contribution in [2.24, 2.45) is 5.92 Å². The fraction of sp³-hybridized carbons (Fsp3) is 0.316. The monoisotopic (exact) mass is 402 g/mol. The Morgan fingerprint density at radius 3 is 2.86 bits per heavy atom. The number of nitrogens with zero attached hydrogens (tertiary/aromatic N) is 4. The molecule has 150 valence electrons. The molecular weight excluding hydrogens is 385 g/mol. The van der Waals surface area contributed by atoms with Crippen LogP contribution in [-0.4, -0.2) is 41.9 Å². The van der Waals surface area contributed by atoms with E-state index < -0.39 is 24.2 Å². The highest BCUT2D eigenvalue weighted by atomic mass is 19.3. The van der Waals surface area contributed by atoms with Gasteiger partial charge in [-0.05, 0) is 18.9 Å². The van der Waals surface area contributed by atoms with Gasteiger partial charge in [0.2, 0.25) is 5.95 Å². The molecule has 7 nitrogen and oxygen atoms in total. The maximum absolute atomic E-state index is 14.4. The molecule has 29 heavy (non-hydrogen) atoms. The summed E-state index contributed by atoms with van der Waals surface area (Å²) in [5.74, 6) is -3.77. The van der Waals surface area contributed by atoms with Crippen LogP contribution in [0.1, 0.15) is 18.5 Å². The Morgan fingerprint density at radius 2 is 2.10 bits per heavy atom. The molecule has 1 aliphatic carbocycles. The Labute approximate surface area is 162 Å². The zero-order chi connectivity index (χ0) is 20.2. The average molecular weight is 402 g/mol. The smallest absolute Gasteiger partial charge is 0.267 e. The second kappa shape index (κ2) is 6.45. The number of halogens is 3. The zero-order valence-corrected chi connectivity index (χ0v) is 15.2. The van der Waals surface area contributed by atoms with Crippen LogP contribution >= 0.6 is 0 Å². The molecule has 5 rings (SSSR count). The third kappa shape index (κ3) is 3.09. The van der Waals surface area contributed by atoms with E-state index in [2.05, 4.69) is 25.3 Å². The van der Waals surface area contributed by atoms with Gasteiger partial charge in [0.1, 0.15) is 5.65 Å². The Hall–Kier alpha value is -3.14. The fourth-order valence-electron chi connectivity index (χ4n) is 3.44. The number of aromatic nitrogens is 5. The van der Waals surface area contributed by atoms with E-state index in [1.54, 1.807) is 12.4 Å². The van der Waals surface area contributed by atoms with Gasteiger partial charge in [-0.1, -0.05) is 0 Å². The van der Waals surface area contributed by atoms with E-state index in [4.69, 9.17) is 0 Å². The predicted octanol–water partition coefficient (Wildman–Crippen LogP) is 3.36. The second-order valence-electron chi connectivity index (χ2n) is 7.23. The molecule has 0 aromatic carbocycles. The number of H-pyrrole nitrogens is 1. The molecule has 4 aromatic heterocycles. The summed E-state index contributed by atoms with van der Waals surface area (Å²) in [5.41, 5.74) is 2.21. The number of hydrogen-bond donors (Lipinski definition) is 3. The average Bonchev–Trinajstić information content (AvgIpc) is 3.37. The SMILES string of the molecule is OCc1cnc2c(F)cc(-c3c[nH]c4nc(NCC(F)(F)C5CC5)ncc34)cn12. The topological polar surface area (TPSA) is 91.1 Å². The summed E-state index contributed by atoms with van der Waals surface area (Å²) >= 11 is 0. The minimum atomic E-state index is -2.78. The molecule has 4 aromatic rings. The van der Waals surface area contributed by atoms with E-state index in [9.17, 15) is 18.3 Å². The number of nitrogens with one attached hydrogen (secondary N) is 2. The van der Waals surface area contributed by atoms with Gasteiger partial charge in [0.25, 0.3) is 5.92 Å². The third-order valence-corrected chi connectivity index (χ3v) is 5.20. The standard InChI is InChI=1S/C19H17F3N6O/c20-15-3-10(7-28-12(8-29)4-24-17(15)28)13-5-23-16-14(13)6-25-18(27-16)26-9-19(21,22)11-1-2-11/h3-7,11,29H,1-2,8-9H2,(H2,23,25,26,27). The number of pyridine rings is 1. The molecule has 1 saturated carbocycles. The van der Waals surface area contributed by atoms with Crippen molar-refractivity contribution in [2.75, 3.05) is 11.9 Å². The zero-order valence-electron chi connectivity index (χ0n) is 15.2. The molecule has 0 saturated heterocycles. The Balaban J connectivity index is 1.48. The van der Waals surface area contributed by atoms with E-state index >= 15 is 0 Å². The fourth-order valence-corrected chi connectivity index (χ4v) is 3.44. The first-order valence-electron chi connectivity index (χ1n) is 9.19. The van der Waals surface area contributed by atoms with Gasteiger partial charge in [0.15, 0.2) is 11.5 Å². The van der Waals surface area contributed by atoms with Gasteiger partial charge < -0.3 is 15.4 Å². The van der Waals surface area contributed by atoms with Crippen molar-refractivity contribution < 1.29 is 18.3 Å². The van der Waals surface area contributed by atoms with Crippen LogP contribution in [0.3, 0.4) is 0 Å². The van der Waals surface area contributed by atoms with E-state index in [-0.39, 0.29) is 18.2 Å². The minimum Gasteiger partial charge on any atom is -0.390 e. The molecule has 1 aliphatic rings. The van der Waals surface area contributed by atoms with Crippen molar-refractivity contribution in [1.82, 2.24) is 24.3 Å². The van der Waals surface area contributed by atoms with E-state index in [0.29, 0.717) is 40.7 Å². The summed E-state index contributed by atoms with van der Waals surface area (Å²) in [6.45, 7) is -0.787. The highest BCUT2D eigenvalue weighted by Gasteiger charge is 2.46. The number of fused-ring (bicyclic) bond motifs is 2. The first kappa shape index (κ1) is 17.9. The van der Waals surface area contributed by atoms with Crippen molar-refractivity contribution in [3.63, 3.8) is 0 Å². The van der Waals surface area contributed by atoms with Gasteiger partial charge in [0.05, 0.1) is 25.0 Å². The molecule has 0 amide bonds. The van der Waals surface area contributed by atoms with Crippen molar-refractivity contribution in [1.29, 1.82) is 0 Å². The van der Waals surface area contributed by atoms with Gasteiger partial charge in [-0.3, -0.25) is 4.40 Å². The highest BCUT2D eigenvalue weighted by molar-refractivity contribution is 5.93. The third-order valence-electron chi connectivity index (χ3n) is 5.20. The Bertz CT molecular complexity index is 1210. The summed E-state index contributed by atoms with van der Waals surface area (Å²) in [5, 5.41) is 12.6. The van der Waals surface area contributed by atoms with Crippen LogP contribution in [-0.2, 0) is 6.61 Å². The van der Waals surface area contributed by atoms with Crippen LogP contribution in [0.25, 0.3) is 27.8 Å². The van der Waals surface area contributed by atoms with E-state index in [0.717, 1.165) is 0 Å². The summed E-state index contributed by atoms with van der Waals surface area (Å²) < 4.78 is 43.6. The number of aliphatic hydroxyl groups excluding tert-OH is 1. The van der Waals surface area contributed by atoms with Crippen LogP contribution in [0.5, 0.6) is 0 Å². The Morgan fingerprint density at radius 1 is 1.28 bits per heavy atom. The van der Waals surface area contributed by atoms with Gasteiger partial charge >= 0.3 is 0 Å². The first-order chi connectivity index (χ1) is 14.0. The lowest BCUT2D eigenvalue weighted by Gasteiger charge is -2.15. The molecular formula is C19H17F3N6O. The molecule has 3 N–H and O–H groups in total. The molecule has 0 unspecified atom stereocenters. The maximum Gasteiger partial charge on any atom is 0.267 e. The van der Waals surface area contributed by atoms with E-state index in [1.165, 1.54) is 22.9 Å². The summed E-state index contributed by atoms with van der Waals surface area (Å²) in [7, 11) is 0. The number of alkyl halides is 2. The number of hydrogen-bond acceptors (Lipinski definition) is 5. The summed E-state index contributed by atoms with van der Waals surface area (Å²) in [6.07, 6.45) is 7.33. The number of anilines is 1. The van der Waals surface area contributed by atoms with Gasteiger partial charge in [-0.15, -0.1) is 0 Å². The number of aromatic amines is 1. The van der Waals surface area contributed by atoms with Crippen LogP contribution in [0.2, 0.25) is 0 Å². The molecule has 0 spiro atoms. The predicted molar refractivity (Wildman–Crippen MR) is 100 cm³/mol. The number of imidazole rings is 1. The molecule has 4 heterocycles. The van der Waals surface area contributed by atoms with Crippen molar-refractivity contribution in [2.45, 2.75) is 25.4 Å². The Kier molecular flexibility index (Phi) is 3.98. The molecule has 1 fully saturated rings. The normalized spacial score (nSPS) is 14.8. The van der Waals surface area contributed by atoms with Crippen LogP contribution in [0.15, 0.2) is 30.9 Å². The van der Waals surface area contributed by atoms with Crippen LogP contribution in [0.4, 0.5) is 19.1 Å². The second-order valence-corrected chi connectivity index (χ2v) is 7.23. The quantitative estimate of drug-likeness (QED) is 0.460. The largest absolute Gasteiger partial charge is 0.390 e. The van der Waals surface area contributed by atoms with Crippen LogP contribution in [0, 0.1) is 11.7 Å². The molecule has 10 heteroatoms. The molecule has 0 aliphatic heterocycles. The minimum absolute atomic E-state index is 0.102. The molecule has 0 atom stereocenters. The lowest BCUT2D eigenvalue weighted by molar-refractivity contribution is -0.00831. The van der Waals surface area contributed by atoms with Crippen molar-refractivity contribution in [3.05, 3.63) is 42.4 Å². The number of aliphatic hydroxyl groups is 1. The summed E-state index contributed by atoms with van der Waals surface area (Å²) in [4.78, 5) is 15.3. The molecule has 0 bridgehead atoms. The van der Waals surface area contributed by atoms with Crippen molar-refractivity contribution >= 4 is 22.6 Å². The van der Waals surface area contributed by atoms with Crippen LogP contribution < -0.4 is 5.32 Å². The van der Waals surface area contributed by atoms with Gasteiger partial charge in [-0.2, -0.15) is 4.98 Å². The number of rotatable bonds is 6. The van der Waals surface area contributed by atoms with Gasteiger partial charge in [0, 0.05) is 41.0 Å². The lowest BCUT2D eigenvalue weighted by atomic mass is 10.1.